The minimum absolute atomic E-state index is 0.0337. The first-order chi connectivity index (χ1) is 11.7. The number of alkyl halides is 3. The third-order valence-corrected chi connectivity index (χ3v) is 3.42. The van der Waals surface area contributed by atoms with Gasteiger partial charge < -0.3 is 10.4 Å². The standard InChI is InChI=1S/C16H16F3N3O3/c1-2-3-4-13(23)21-10-5-7-11(8-6-10)22-14(16(17,18)19)12(9-20-22)15(24)25/h5-9H,2-4H2,1H3,(H,21,23)(H,24,25). The number of unbranched alkanes of at least 4 members (excludes halogenated alkanes) is 1. The van der Waals surface area contributed by atoms with Gasteiger partial charge in [-0.2, -0.15) is 18.3 Å². The van der Waals surface area contributed by atoms with Crippen LogP contribution in [-0.4, -0.2) is 26.8 Å². The van der Waals surface area contributed by atoms with Crippen LogP contribution in [0.4, 0.5) is 18.9 Å². The Bertz CT molecular complexity index is 767. The van der Waals surface area contributed by atoms with E-state index >= 15 is 0 Å². The van der Waals surface area contributed by atoms with Gasteiger partial charge >= 0.3 is 12.1 Å². The van der Waals surface area contributed by atoms with Gasteiger partial charge in [0.15, 0.2) is 5.69 Å². The van der Waals surface area contributed by atoms with Crippen molar-refractivity contribution >= 4 is 17.6 Å². The van der Waals surface area contributed by atoms with Crippen LogP contribution in [-0.2, 0) is 11.0 Å². The highest BCUT2D eigenvalue weighted by Crippen LogP contribution is 2.33. The Hall–Kier alpha value is -2.84. The Morgan fingerprint density at radius 1 is 1.24 bits per heavy atom. The maximum Gasteiger partial charge on any atom is 0.434 e. The molecular weight excluding hydrogens is 339 g/mol. The summed E-state index contributed by atoms with van der Waals surface area (Å²) in [5.74, 6) is -1.89. The number of carboxylic acids is 1. The number of hydrogen-bond donors (Lipinski definition) is 2. The molecule has 2 aromatic rings. The molecule has 2 rings (SSSR count). The number of carboxylic acid groups (broad SMARTS) is 1. The van der Waals surface area contributed by atoms with Gasteiger partial charge in [-0.05, 0) is 30.7 Å². The zero-order valence-electron chi connectivity index (χ0n) is 13.3. The number of halogens is 3. The maximum absolute atomic E-state index is 13.2. The molecule has 0 saturated carbocycles. The average molecular weight is 355 g/mol. The van der Waals surface area contributed by atoms with Gasteiger partial charge in [0.1, 0.15) is 5.56 Å². The van der Waals surface area contributed by atoms with E-state index in [4.69, 9.17) is 5.11 Å². The topological polar surface area (TPSA) is 84.2 Å². The number of nitrogens with zero attached hydrogens (tertiary/aromatic N) is 2. The van der Waals surface area contributed by atoms with Gasteiger partial charge in [0.2, 0.25) is 5.91 Å². The van der Waals surface area contributed by atoms with Crippen LogP contribution in [0.3, 0.4) is 0 Å². The van der Waals surface area contributed by atoms with E-state index < -0.39 is 23.4 Å². The van der Waals surface area contributed by atoms with Crippen LogP contribution in [0, 0.1) is 0 Å². The number of aromatic nitrogens is 2. The van der Waals surface area contributed by atoms with Crippen molar-refractivity contribution in [2.45, 2.75) is 32.4 Å². The van der Waals surface area contributed by atoms with E-state index in [1.54, 1.807) is 0 Å². The lowest BCUT2D eigenvalue weighted by atomic mass is 10.2. The summed E-state index contributed by atoms with van der Waals surface area (Å²) in [5.41, 5.74) is -1.82. The van der Waals surface area contributed by atoms with E-state index in [-0.39, 0.29) is 11.6 Å². The van der Waals surface area contributed by atoms with Gasteiger partial charge in [0, 0.05) is 12.1 Å². The monoisotopic (exact) mass is 355 g/mol. The average Bonchev–Trinajstić information content (AvgIpc) is 2.99. The fraction of sp³-hybridized carbons (Fsp3) is 0.312. The predicted molar refractivity (Wildman–Crippen MR) is 83.7 cm³/mol. The van der Waals surface area contributed by atoms with Gasteiger partial charge in [-0.3, -0.25) is 4.79 Å². The summed E-state index contributed by atoms with van der Waals surface area (Å²) in [6.45, 7) is 1.95. The van der Waals surface area contributed by atoms with Crippen molar-refractivity contribution in [2.24, 2.45) is 0 Å². The molecule has 0 spiro atoms. The van der Waals surface area contributed by atoms with Crippen molar-refractivity contribution < 1.29 is 27.9 Å². The molecule has 2 N–H and O–H groups in total. The normalized spacial score (nSPS) is 11.4. The lowest BCUT2D eigenvalue weighted by Gasteiger charge is -2.12. The minimum atomic E-state index is -4.88. The highest BCUT2D eigenvalue weighted by Gasteiger charge is 2.40. The number of aromatic carboxylic acids is 1. The molecule has 1 heterocycles. The molecule has 1 aromatic carbocycles. The van der Waals surface area contributed by atoms with Crippen molar-refractivity contribution in [3.63, 3.8) is 0 Å². The zero-order chi connectivity index (χ0) is 18.6. The number of benzene rings is 1. The smallest absolute Gasteiger partial charge is 0.434 e. The fourth-order valence-corrected chi connectivity index (χ4v) is 2.22. The summed E-state index contributed by atoms with van der Waals surface area (Å²) in [6.07, 6.45) is -2.25. The van der Waals surface area contributed by atoms with Gasteiger partial charge in [0.25, 0.3) is 0 Å². The Labute approximate surface area is 141 Å². The first-order valence-electron chi connectivity index (χ1n) is 7.52. The Kier molecular flexibility index (Phi) is 5.45. The van der Waals surface area contributed by atoms with Crippen molar-refractivity contribution in [3.05, 3.63) is 41.7 Å². The molecule has 0 aliphatic heterocycles. The number of rotatable bonds is 6. The Balaban J connectivity index is 2.29. The molecule has 0 saturated heterocycles. The van der Waals surface area contributed by atoms with Crippen LogP contribution in [0.1, 0.15) is 42.2 Å². The molecule has 0 bridgehead atoms. The summed E-state index contributed by atoms with van der Waals surface area (Å²) in [5, 5.41) is 15.1. The van der Waals surface area contributed by atoms with Crippen LogP contribution in [0.5, 0.6) is 0 Å². The molecule has 25 heavy (non-hydrogen) atoms. The number of nitrogens with one attached hydrogen (secondary N) is 1. The SMILES string of the molecule is CCCCC(=O)Nc1ccc(-n2ncc(C(=O)O)c2C(F)(F)F)cc1. The summed E-state index contributed by atoms with van der Waals surface area (Å²) >= 11 is 0. The molecule has 1 amide bonds. The van der Waals surface area contributed by atoms with Crippen molar-refractivity contribution in [3.8, 4) is 5.69 Å². The van der Waals surface area contributed by atoms with Gasteiger partial charge in [-0.15, -0.1) is 0 Å². The summed E-state index contributed by atoms with van der Waals surface area (Å²) in [6, 6.07) is 5.51. The van der Waals surface area contributed by atoms with Crippen molar-refractivity contribution in [1.29, 1.82) is 0 Å². The zero-order valence-corrected chi connectivity index (χ0v) is 13.3. The lowest BCUT2D eigenvalue weighted by Crippen LogP contribution is -2.17. The molecule has 1 aromatic heterocycles. The predicted octanol–water partition coefficient (Wildman–Crippen LogP) is 3.72. The van der Waals surface area contributed by atoms with E-state index in [1.165, 1.54) is 24.3 Å². The molecule has 0 fully saturated rings. The molecule has 6 nitrogen and oxygen atoms in total. The van der Waals surface area contributed by atoms with E-state index in [1.807, 2.05) is 6.92 Å². The molecule has 0 aliphatic rings. The summed E-state index contributed by atoms with van der Waals surface area (Å²) in [4.78, 5) is 22.6. The molecule has 0 aliphatic carbocycles. The number of anilines is 1. The summed E-state index contributed by atoms with van der Waals surface area (Å²) in [7, 11) is 0. The molecule has 0 radical (unpaired) electrons. The van der Waals surface area contributed by atoms with E-state index in [2.05, 4.69) is 10.4 Å². The van der Waals surface area contributed by atoms with Crippen LogP contribution in [0.2, 0.25) is 0 Å². The fourth-order valence-electron chi connectivity index (χ4n) is 2.22. The second-order valence-electron chi connectivity index (χ2n) is 5.32. The van der Waals surface area contributed by atoms with Crippen LogP contribution >= 0.6 is 0 Å². The van der Waals surface area contributed by atoms with Crippen molar-refractivity contribution in [2.75, 3.05) is 5.32 Å². The van der Waals surface area contributed by atoms with E-state index in [0.29, 0.717) is 23.0 Å². The second-order valence-corrected chi connectivity index (χ2v) is 5.32. The van der Waals surface area contributed by atoms with Gasteiger partial charge in [-0.1, -0.05) is 13.3 Å². The third kappa shape index (κ3) is 4.37. The minimum Gasteiger partial charge on any atom is -0.478 e. The first kappa shape index (κ1) is 18.5. The Morgan fingerprint density at radius 2 is 1.88 bits per heavy atom. The van der Waals surface area contributed by atoms with Gasteiger partial charge in [-0.25, -0.2) is 9.48 Å². The second kappa shape index (κ2) is 7.37. The van der Waals surface area contributed by atoms with E-state index in [9.17, 15) is 22.8 Å². The number of hydrogen-bond acceptors (Lipinski definition) is 3. The van der Waals surface area contributed by atoms with Crippen LogP contribution in [0.25, 0.3) is 5.69 Å². The van der Waals surface area contributed by atoms with Gasteiger partial charge in [0.05, 0.1) is 11.9 Å². The molecule has 9 heteroatoms. The molecule has 134 valence electrons. The lowest BCUT2D eigenvalue weighted by molar-refractivity contribution is -0.143. The first-order valence-corrected chi connectivity index (χ1v) is 7.52. The summed E-state index contributed by atoms with van der Waals surface area (Å²) < 4.78 is 40.0. The number of carbonyl (C=O) groups excluding carboxylic acids is 1. The quantitative estimate of drug-likeness (QED) is 0.827. The third-order valence-electron chi connectivity index (χ3n) is 3.42. The molecule has 0 atom stereocenters. The number of amides is 1. The van der Waals surface area contributed by atoms with Crippen LogP contribution in [0.15, 0.2) is 30.5 Å². The maximum atomic E-state index is 13.2. The number of carbonyl (C=O) groups is 2. The molecule has 0 unspecified atom stereocenters. The largest absolute Gasteiger partial charge is 0.478 e. The Morgan fingerprint density at radius 3 is 2.40 bits per heavy atom. The van der Waals surface area contributed by atoms with Crippen molar-refractivity contribution in [1.82, 2.24) is 9.78 Å². The molecular formula is C16H16F3N3O3. The highest BCUT2D eigenvalue weighted by atomic mass is 19.4. The highest BCUT2D eigenvalue weighted by molar-refractivity contribution is 5.91. The van der Waals surface area contributed by atoms with E-state index in [0.717, 1.165) is 12.8 Å². The van der Waals surface area contributed by atoms with Crippen LogP contribution < -0.4 is 5.32 Å².